The first-order chi connectivity index (χ1) is 10.2. The van der Waals surface area contributed by atoms with Crippen LogP contribution in [0, 0.1) is 0 Å². The van der Waals surface area contributed by atoms with E-state index in [1.807, 2.05) is 0 Å². The van der Waals surface area contributed by atoms with E-state index in [4.69, 9.17) is 0 Å². The summed E-state index contributed by atoms with van der Waals surface area (Å²) >= 11 is 0. The molecule has 0 bridgehead atoms. The molecule has 4 N–H and O–H groups in total. The van der Waals surface area contributed by atoms with Gasteiger partial charge in [0, 0.05) is 6.04 Å². The summed E-state index contributed by atoms with van der Waals surface area (Å²) in [6.45, 7) is 0. The molecule has 2 rings (SSSR count). The zero-order chi connectivity index (χ0) is 15.1. The number of carbonyl (C=O) groups is 2. The molecule has 21 heavy (non-hydrogen) atoms. The Hall–Kier alpha value is -2.08. The maximum atomic E-state index is 11.7. The lowest BCUT2D eigenvalue weighted by molar-refractivity contribution is -0.130. The summed E-state index contributed by atoms with van der Waals surface area (Å²) in [5.74, 6) is -0.667. The molecular formula is C15H21N3O3. The van der Waals surface area contributed by atoms with Gasteiger partial charge in [0.2, 0.25) is 0 Å². The second kappa shape index (κ2) is 7.64. The van der Waals surface area contributed by atoms with Gasteiger partial charge < -0.3 is 10.4 Å². The molecule has 0 unspecified atom stereocenters. The molecule has 1 aromatic rings. The number of aliphatic hydroxyl groups excluding tert-OH is 1. The van der Waals surface area contributed by atoms with Crippen LogP contribution in [0.25, 0.3) is 0 Å². The summed E-state index contributed by atoms with van der Waals surface area (Å²) < 4.78 is 0. The van der Waals surface area contributed by atoms with Crippen LogP contribution in [0.5, 0.6) is 0 Å². The molecular weight excluding hydrogens is 270 g/mol. The standard InChI is InChI=1S/C15H21N3O3/c19-13(11-7-3-1-4-8-11)14(20)17-18-15(21)16-12-9-5-2-6-10-12/h1,3-4,7-8,12-13,19H,2,5-6,9-10H2,(H,17,20)(H2,16,18,21)/t13-/m0/s1. The van der Waals surface area contributed by atoms with Crippen molar-refractivity contribution >= 4 is 11.9 Å². The van der Waals surface area contributed by atoms with Crippen molar-refractivity contribution in [2.45, 2.75) is 44.2 Å². The van der Waals surface area contributed by atoms with Gasteiger partial charge in [-0.3, -0.25) is 10.2 Å². The number of hydrogen-bond acceptors (Lipinski definition) is 3. The molecule has 0 radical (unpaired) electrons. The Kier molecular flexibility index (Phi) is 5.57. The van der Waals surface area contributed by atoms with Gasteiger partial charge >= 0.3 is 6.03 Å². The Labute approximate surface area is 123 Å². The lowest BCUT2D eigenvalue weighted by Gasteiger charge is -2.23. The van der Waals surface area contributed by atoms with Gasteiger partial charge in [0.15, 0.2) is 6.10 Å². The van der Waals surface area contributed by atoms with Crippen LogP contribution in [-0.2, 0) is 4.79 Å². The SMILES string of the molecule is O=C(NNC(=O)[C@@H](O)c1ccccc1)NC1CCCCC1. The highest BCUT2D eigenvalue weighted by molar-refractivity contribution is 5.84. The zero-order valence-electron chi connectivity index (χ0n) is 11.8. The number of amides is 3. The monoisotopic (exact) mass is 291 g/mol. The van der Waals surface area contributed by atoms with Crippen LogP contribution in [0.3, 0.4) is 0 Å². The predicted molar refractivity (Wildman–Crippen MR) is 78.1 cm³/mol. The van der Waals surface area contributed by atoms with E-state index >= 15 is 0 Å². The molecule has 0 spiro atoms. The Morgan fingerprint density at radius 1 is 1.05 bits per heavy atom. The average Bonchev–Trinajstić information content (AvgIpc) is 2.53. The van der Waals surface area contributed by atoms with E-state index < -0.39 is 18.0 Å². The van der Waals surface area contributed by atoms with E-state index in [0.29, 0.717) is 5.56 Å². The van der Waals surface area contributed by atoms with Crippen LogP contribution in [0.4, 0.5) is 4.79 Å². The summed E-state index contributed by atoms with van der Waals surface area (Å²) in [5, 5.41) is 12.6. The highest BCUT2D eigenvalue weighted by Gasteiger charge is 2.19. The summed E-state index contributed by atoms with van der Waals surface area (Å²) in [7, 11) is 0. The van der Waals surface area contributed by atoms with Gasteiger partial charge in [0.1, 0.15) is 0 Å². The second-order valence-electron chi connectivity index (χ2n) is 5.24. The average molecular weight is 291 g/mol. The van der Waals surface area contributed by atoms with Crippen molar-refractivity contribution in [3.05, 3.63) is 35.9 Å². The normalized spacial score (nSPS) is 16.8. The van der Waals surface area contributed by atoms with E-state index in [1.165, 1.54) is 6.42 Å². The maximum Gasteiger partial charge on any atom is 0.333 e. The third kappa shape index (κ3) is 4.75. The molecule has 3 amide bonds. The van der Waals surface area contributed by atoms with Gasteiger partial charge in [-0.05, 0) is 18.4 Å². The van der Waals surface area contributed by atoms with Crippen LogP contribution >= 0.6 is 0 Å². The van der Waals surface area contributed by atoms with Crippen LogP contribution in [0.2, 0.25) is 0 Å². The van der Waals surface area contributed by atoms with E-state index in [-0.39, 0.29) is 6.04 Å². The minimum atomic E-state index is -1.30. The van der Waals surface area contributed by atoms with E-state index in [2.05, 4.69) is 16.2 Å². The van der Waals surface area contributed by atoms with Gasteiger partial charge in [-0.15, -0.1) is 0 Å². The van der Waals surface area contributed by atoms with E-state index in [9.17, 15) is 14.7 Å². The number of rotatable bonds is 3. The first kappa shape index (κ1) is 15.3. The van der Waals surface area contributed by atoms with Crippen molar-refractivity contribution in [2.75, 3.05) is 0 Å². The van der Waals surface area contributed by atoms with Gasteiger partial charge in [-0.1, -0.05) is 49.6 Å². The third-order valence-electron chi connectivity index (χ3n) is 3.60. The number of hydrazine groups is 1. The lowest BCUT2D eigenvalue weighted by Crippen LogP contribution is -2.51. The fourth-order valence-electron chi connectivity index (χ4n) is 2.44. The Balaban J connectivity index is 1.74. The number of aliphatic hydroxyl groups is 1. The molecule has 0 heterocycles. The predicted octanol–water partition coefficient (Wildman–Crippen LogP) is 1.38. The fourth-order valence-corrected chi connectivity index (χ4v) is 2.44. The largest absolute Gasteiger partial charge is 0.378 e. The van der Waals surface area contributed by atoms with Gasteiger partial charge in [-0.25, -0.2) is 10.2 Å². The first-order valence-electron chi connectivity index (χ1n) is 7.26. The third-order valence-corrected chi connectivity index (χ3v) is 3.60. The molecule has 0 aromatic heterocycles. The molecule has 6 heteroatoms. The van der Waals surface area contributed by atoms with Crippen LogP contribution < -0.4 is 16.2 Å². The Morgan fingerprint density at radius 2 is 1.71 bits per heavy atom. The van der Waals surface area contributed by atoms with Crippen molar-refractivity contribution < 1.29 is 14.7 Å². The molecule has 1 aromatic carbocycles. The van der Waals surface area contributed by atoms with Crippen molar-refractivity contribution in [3.63, 3.8) is 0 Å². The maximum absolute atomic E-state index is 11.7. The molecule has 114 valence electrons. The van der Waals surface area contributed by atoms with E-state index in [1.54, 1.807) is 30.3 Å². The summed E-state index contributed by atoms with van der Waals surface area (Å²) in [6.07, 6.45) is 4.07. The van der Waals surface area contributed by atoms with Crippen molar-refractivity contribution in [1.29, 1.82) is 0 Å². The minimum absolute atomic E-state index is 0.162. The zero-order valence-corrected chi connectivity index (χ0v) is 11.8. The van der Waals surface area contributed by atoms with Crippen LogP contribution in [-0.4, -0.2) is 23.1 Å². The molecule has 1 aliphatic carbocycles. The molecule has 0 aliphatic heterocycles. The number of urea groups is 1. The molecule has 1 aliphatic rings. The number of nitrogens with one attached hydrogen (secondary N) is 3. The van der Waals surface area contributed by atoms with Gasteiger partial charge in [0.05, 0.1) is 0 Å². The lowest BCUT2D eigenvalue weighted by atomic mass is 9.96. The Morgan fingerprint density at radius 3 is 2.38 bits per heavy atom. The van der Waals surface area contributed by atoms with Crippen LogP contribution in [0.15, 0.2) is 30.3 Å². The van der Waals surface area contributed by atoms with Crippen molar-refractivity contribution in [1.82, 2.24) is 16.2 Å². The number of benzene rings is 1. The topological polar surface area (TPSA) is 90.5 Å². The number of hydrogen-bond donors (Lipinski definition) is 4. The summed E-state index contributed by atoms with van der Waals surface area (Å²) in [5.41, 5.74) is 4.97. The second-order valence-corrected chi connectivity index (χ2v) is 5.24. The highest BCUT2D eigenvalue weighted by atomic mass is 16.3. The number of carbonyl (C=O) groups excluding carboxylic acids is 2. The minimum Gasteiger partial charge on any atom is -0.378 e. The summed E-state index contributed by atoms with van der Waals surface area (Å²) in [6, 6.07) is 8.26. The smallest absolute Gasteiger partial charge is 0.333 e. The van der Waals surface area contributed by atoms with Gasteiger partial charge in [-0.2, -0.15) is 0 Å². The highest BCUT2D eigenvalue weighted by Crippen LogP contribution is 2.17. The quantitative estimate of drug-likeness (QED) is 0.634. The van der Waals surface area contributed by atoms with Crippen molar-refractivity contribution in [2.24, 2.45) is 0 Å². The fraction of sp³-hybridized carbons (Fsp3) is 0.467. The molecule has 1 fully saturated rings. The first-order valence-corrected chi connectivity index (χ1v) is 7.26. The Bertz CT molecular complexity index is 472. The van der Waals surface area contributed by atoms with E-state index in [0.717, 1.165) is 25.7 Å². The van der Waals surface area contributed by atoms with Crippen molar-refractivity contribution in [3.8, 4) is 0 Å². The van der Waals surface area contributed by atoms with Gasteiger partial charge in [0.25, 0.3) is 5.91 Å². The van der Waals surface area contributed by atoms with Crippen LogP contribution in [0.1, 0.15) is 43.8 Å². The molecule has 6 nitrogen and oxygen atoms in total. The molecule has 0 saturated heterocycles. The molecule has 1 saturated carbocycles. The molecule has 1 atom stereocenters. The summed E-state index contributed by atoms with van der Waals surface area (Å²) in [4.78, 5) is 23.4.